The number of rotatable bonds is 6. The van der Waals surface area contributed by atoms with Gasteiger partial charge in [-0.05, 0) is 49.6 Å². The van der Waals surface area contributed by atoms with Crippen LogP contribution in [0.1, 0.15) is 30.9 Å². The summed E-state index contributed by atoms with van der Waals surface area (Å²) >= 11 is 0. The fourth-order valence-corrected chi connectivity index (χ4v) is 2.59. The van der Waals surface area contributed by atoms with Gasteiger partial charge in [-0.3, -0.25) is 9.59 Å². The third-order valence-electron chi connectivity index (χ3n) is 4.11. The summed E-state index contributed by atoms with van der Waals surface area (Å²) in [5.41, 5.74) is -2.04. The van der Waals surface area contributed by atoms with Crippen molar-refractivity contribution < 1.29 is 27.2 Å². The number of carbonyl (C=O) groups is 2. The molecule has 2 amide bonds. The molecular formula is C17H18F4N2O2. The summed E-state index contributed by atoms with van der Waals surface area (Å²) in [5, 5.41) is 2.63. The van der Waals surface area contributed by atoms with Crippen LogP contribution in [0, 0.1) is 5.82 Å². The van der Waals surface area contributed by atoms with E-state index < -0.39 is 34.9 Å². The lowest BCUT2D eigenvalue weighted by molar-refractivity contribution is -0.137. The zero-order valence-corrected chi connectivity index (χ0v) is 13.6. The van der Waals surface area contributed by atoms with Gasteiger partial charge in [0.1, 0.15) is 5.82 Å². The molecule has 0 atom stereocenters. The lowest BCUT2D eigenvalue weighted by Gasteiger charge is -2.23. The van der Waals surface area contributed by atoms with E-state index in [-0.39, 0.29) is 18.7 Å². The molecule has 1 aromatic carbocycles. The Bertz CT molecular complexity index is 696. The number of carbonyl (C=O) groups excluding carboxylic acids is 2. The number of likely N-dealkylation sites (N-methyl/N-ethyl adjacent to an activating group) is 1. The maximum atomic E-state index is 13.6. The predicted molar refractivity (Wildman–Crippen MR) is 82.9 cm³/mol. The minimum atomic E-state index is -4.67. The summed E-state index contributed by atoms with van der Waals surface area (Å²) in [4.78, 5) is 25.0. The van der Waals surface area contributed by atoms with E-state index in [0.717, 1.165) is 18.2 Å². The molecule has 1 saturated carbocycles. The first kappa shape index (κ1) is 19.0. The van der Waals surface area contributed by atoms with E-state index in [4.69, 9.17) is 0 Å². The van der Waals surface area contributed by atoms with Crippen molar-refractivity contribution in [1.29, 1.82) is 0 Å². The highest BCUT2D eigenvalue weighted by Gasteiger charge is 2.47. The third kappa shape index (κ3) is 4.37. The minimum absolute atomic E-state index is 0.0753. The second-order valence-corrected chi connectivity index (χ2v) is 5.91. The van der Waals surface area contributed by atoms with Gasteiger partial charge in [0.15, 0.2) is 0 Å². The summed E-state index contributed by atoms with van der Waals surface area (Å²) in [6.45, 7) is 5.06. The van der Waals surface area contributed by atoms with E-state index in [0.29, 0.717) is 18.9 Å². The Labute approximate surface area is 142 Å². The number of nitrogens with one attached hydrogen (secondary N) is 1. The molecule has 136 valence electrons. The zero-order valence-electron chi connectivity index (χ0n) is 13.6. The predicted octanol–water partition coefficient (Wildman–Crippen LogP) is 2.98. The Morgan fingerprint density at radius 3 is 2.44 bits per heavy atom. The topological polar surface area (TPSA) is 49.4 Å². The number of alkyl halides is 3. The molecule has 1 aliphatic rings. The average Bonchev–Trinajstić information content (AvgIpc) is 3.31. The van der Waals surface area contributed by atoms with Gasteiger partial charge in [0, 0.05) is 6.54 Å². The van der Waals surface area contributed by atoms with Crippen molar-refractivity contribution in [2.45, 2.75) is 31.5 Å². The summed E-state index contributed by atoms with van der Waals surface area (Å²) in [7, 11) is 0. The van der Waals surface area contributed by atoms with Gasteiger partial charge in [-0.25, -0.2) is 4.39 Å². The van der Waals surface area contributed by atoms with Crippen LogP contribution >= 0.6 is 0 Å². The fourth-order valence-electron chi connectivity index (χ4n) is 2.59. The summed E-state index contributed by atoms with van der Waals surface area (Å²) in [5.74, 6) is -1.96. The monoisotopic (exact) mass is 358 g/mol. The highest BCUT2D eigenvalue weighted by molar-refractivity contribution is 5.91. The lowest BCUT2D eigenvalue weighted by atomic mass is 10.0. The van der Waals surface area contributed by atoms with Crippen molar-refractivity contribution in [2.24, 2.45) is 0 Å². The standard InChI is InChI=1S/C17H18F4N2O2/c1-3-15(25)23(4-2)10-14(24)22-16(5-6-16)11-7-12(17(19,20)21)9-13(18)8-11/h3,7-9H,1,4-6,10H2,2H3,(H,22,24). The molecule has 0 bridgehead atoms. The molecule has 25 heavy (non-hydrogen) atoms. The van der Waals surface area contributed by atoms with Gasteiger partial charge in [0.2, 0.25) is 11.8 Å². The van der Waals surface area contributed by atoms with Crippen molar-refractivity contribution in [3.05, 3.63) is 47.8 Å². The number of hydrogen-bond acceptors (Lipinski definition) is 2. The first-order valence-corrected chi connectivity index (χ1v) is 7.72. The molecule has 8 heteroatoms. The van der Waals surface area contributed by atoms with E-state index in [1.165, 1.54) is 4.90 Å². The first-order chi connectivity index (χ1) is 11.6. The van der Waals surface area contributed by atoms with Crippen LogP contribution in [0.2, 0.25) is 0 Å². The maximum absolute atomic E-state index is 13.6. The van der Waals surface area contributed by atoms with Gasteiger partial charge in [-0.15, -0.1) is 0 Å². The number of amides is 2. The SMILES string of the molecule is C=CC(=O)N(CC)CC(=O)NC1(c2cc(F)cc(C(F)(F)F)c2)CC1. The minimum Gasteiger partial charge on any atom is -0.345 e. The number of hydrogen-bond donors (Lipinski definition) is 1. The average molecular weight is 358 g/mol. The Morgan fingerprint density at radius 1 is 1.32 bits per heavy atom. The molecule has 1 fully saturated rings. The van der Waals surface area contributed by atoms with Crippen LogP contribution in [0.15, 0.2) is 30.9 Å². The molecule has 0 heterocycles. The lowest BCUT2D eigenvalue weighted by Crippen LogP contribution is -2.44. The van der Waals surface area contributed by atoms with E-state index in [1.807, 2.05) is 0 Å². The van der Waals surface area contributed by atoms with Crippen molar-refractivity contribution in [3.8, 4) is 0 Å². The van der Waals surface area contributed by atoms with E-state index in [1.54, 1.807) is 6.92 Å². The highest BCUT2D eigenvalue weighted by atomic mass is 19.4. The number of benzene rings is 1. The van der Waals surface area contributed by atoms with Crippen LogP contribution < -0.4 is 5.32 Å². The van der Waals surface area contributed by atoms with Crippen molar-refractivity contribution in [1.82, 2.24) is 10.2 Å². The summed E-state index contributed by atoms with van der Waals surface area (Å²) in [6.07, 6.45) is -2.79. The Balaban J connectivity index is 2.17. The second-order valence-electron chi connectivity index (χ2n) is 5.91. The smallest absolute Gasteiger partial charge is 0.345 e. The largest absolute Gasteiger partial charge is 0.416 e. The summed E-state index contributed by atoms with van der Waals surface area (Å²) in [6, 6.07) is 2.26. The quantitative estimate of drug-likeness (QED) is 0.628. The van der Waals surface area contributed by atoms with Crippen LogP contribution in [0.3, 0.4) is 0 Å². The van der Waals surface area contributed by atoms with Crippen molar-refractivity contribution in [2.75, 3.05) is 13.1 Å². The van der Waals surface area contributed by atoms with Gasteiger partial charge in [0.25, 0.3) is 0 Å². The normalized spacial score (nSPS) is 15.4. The third-order valence-corrected chi connectivity index (χ3v) is 4.11. The molecule has 1 N–H and O–H groups in total. The molecule has 0 unspecified atom stereocenters. The molecule has 2 rings (SSSR count). The van der Waals surface area contributed by atoms with Gasteiger partial charge < -0.3 is 10.2 Å². The number of halogens is 4. The van der Waals surface area contributed by atoms with Gasteiger partial charge in [-0.2, -0.15) is 13.2 Å². The van der Waals surface area contributed by atoms with Gasteiger partial charge in [-0.1, -0.05) is 6.58 Å². The molecule has 1 aromatic rings. The number of nitrogens with zero attached hydrogens (tertiary/aromatic N) is 1. The fraction of sp³-hybridized carbons (Fsp3) is 0.412. The van der Waals surface area contributed by atoms with Crippen molar-refractivity contribution in [3.63, 3.8) is 0 Å². The Kier molecular flexibility index (Phi) is 5.20. The first-order valence-electron chi connectivity index (χ1n) is 7.72. The molecule has 1 aliphatic carbocycles. The Morgan fingerprint density at radius 2 is 1.96 bits per heavy atom. The van der Waals surface area contributed by atoms with E-state index in [9.17, 15) is 27.2 Å². The molecule has 0 spiro atoms. The maximum Gasteiger partial charge on any atom is 0.416 e. The Hall–Kier alpha value is -2.38. The zero-order chi connectivity index (χ0) is 18.8. The highest BCUT2D eigenvalue weighted by Crippen LogP contribution is 2.47. The van der Waals surface area contributed by atoms with Crippen LogP contribution in [0.5, 0.6) is 0 Å². The second kappa shape index (κ2) is 6.85. The molecule has 4 nitrogen and oxygen atoms in total. The molecule has 0 saturated heterocycles. The van der Waals surface area contributed by atoms with Gasteiger partial charge in [0.05, 0.1) is 17.6 Å². The van der Waals surface area contributed by atoms with Crippen LogP contribution in [-0.4, -0.2) is 29.8 Å². The van der Waals surface area contributed by atoms with Crippen LogP contribution in [0.25, 0.3) is 0 Å². The molecule has 0 aliphatic heterocycles. The van der Waals surface area contributed by atoms with Crippen LogP contribution in [0.4, 0.5) is 17.6 Å². The van der Waals surface area contributed by atoms with Crippen molar-refractivity contribution >= 4 is 11.8 Å². The molecular weight excluding hydrogens is 340 g/mol. The van der Waals surface area contributed by atoms with Gasteiger partial charge >= 0.3 is 6.18 Å². The molecule has 0 aromatic heterocycles. The summed E-state index contributed by atoms with van der Waals surface area (Å²) < 4.78 is 52.2. The van der Waals surface area contributed by atoms with E-state index in [2.05, 4.69) is 11.9 Å². The molecule has 0 radical (unpaired) electrons. The van der Waals surface area contributed by atoms with E-state index >= 15 is 0 Å². The van der Waals surface area contributed by atoms with Crippen LogP contribution in [-0.2, 0) is 21.3 Å².